The number of nitrogens with zero attached hydrogens (tertiary/aromatic N) is 1. The van der Waals surface area contributed by atoms with E-state index < -0.39 is 26.7 Å². The first-order valence-corrected chi connectivity index (χ1v) is 9.95. The second-order valence-corrected chi connectivity index (χ2v) is 7.89. The molecule has 0 saturated carbocycles. The standard InChI is InChI=1S/C17H19N3O8S/c1-18-29(24,25)13-3-4-14(15(7-13)20(22)23)19-8-11(21)9-26-12-2-5-16-17(6-12)28-10-27-16/h2-7,11,18-19,21H,8-10H2,1H3. The molecule has 1 aliphatic heterocycles. The third-order valence-corrected chi connectivity index (χ3v) is 5.47. The summed E-state index contributed by atoms with van der Waals surface area (Å²) in [5, 5.41) is 24.1. The monoisotopic (exact) mass is 425 g/mol. The van der Waals surface area contributed by atoms with Gasteiger partial charge in [-0.15, -0.1) is 0 Å². The summed E-state index contributed by atoms with van der Waals surface area (Å²) in [5.74, 6) is 1.62. The number of aliphatic hydroxyl groups excluding tert-OH is 1. The van der Waals surface area contributed by atoms with Gasteiger partial charge in [0.05, 0.1) is 9.82 Å². The van der Waals surface area contributed by atoms with Gasteiger partial charge in [-0.3, -0.25) is 10.1 Å². The molecule has 0 saturated heterocycles. The second-order valence-electron chi connectivity index (χ2n) is 6.00. The number of nitro groups is 1. The average Bonchev–Trinajstić information content (AvgIpc) is 3.18. The molecule has 11 nitrogen and oxygen atoms in total. The first-order valence-electron chi connectivity index (χ1n) is 8.46. The zero-order valence-corrected chi connectivity index (χ0v) is 16.1. The Balaban J connectivity index is 1.60. The molecule has 3 rings (SSSR count). The van der Waals surface area contributed by atoms with E-state index in [-0.39, 0.29) is 30.5 Å². The van der Waals surface area contributed by atoms with Gasteiger partial charge in [-0.05, 0) is 31.3 Å². The van der Waals surface area contributed by atoms with Crippen LogP contribution in [0.2, 0.25) is 0 Å². The van der Waals surface area contributed by atoms with E-state index in [2.05, 4.69) is 10.0 Å². The quantitative estimate of drug-likeness (QED) is 0.396. The lowest BCUT2D eigenvalue weighted by atomic mass is 10.2. The number of fused-ring (bicyclic) bond motifs is 1. The fourth-order valence-corrected chi connectivity index (χ4v) is 3.29. The molecule has 12 heteroatoms. The number of nitrogens with one attached hydrogen (secondary N) is 2. The first-order chi connectivity index (χ1) is 13.8. The molecule has 2 aromatic carbocycles. The van der Waals surface area contributed by atoms with Gasteiger partial charge in [0.2, 0.25) is 16.8 Å². The molecule has 0 bridgehead atoms. The van der Waals surface area contributed by atoms with E-state index in [0.717, 1.165) is 6.07 Å². The van der Waals surface area contributed by atoms with E-state index in [1.54, 1.807) is 18.2 Å². The predicted molar refractivity (Wildman–Crippen MR) is 102 cm³/mol. The molecule has 1 heterocycles. The summed E-state index contributed by atoms with van der Waals surface area (Å²) >= 11 is 0. The van der Waals surface area contributed by atoms with Crippen molar-refractivity contribution in [3.05, 3.63) is 46.5 Å². The molecular formula is C17H19N3O8S. The Morgan fingerprint density at radius 2 is 2.00 bits per heavy atom. The topological polar surface area (TPSA) is 149 Å². The van der Waals surface area contributed by atoms with Crippen LogP contribution in [0, 0.1) is 10.1 Å². The highest BCUT2D eigenvalue weighted by Crippen LogP contribution is 2.35. The smallest absolute Gasteiger partial charge is 0.293 e. The molecule has 156 valence electrons. The second kappa shape index (κ2) is 8.51. The Labute approximate surface area is 166 Å². The zero-order chi connectivity index (χ0) is 21.0. The number of anilines is 1. The van der Waals surface area contributed by atoms with Crippen molar-refractivity contribution in [3.8, 4) is 17.2 Å². The summed E-state index contributed by atoms with van der Waals surface area (Å²) < 4.78 is 41.7. The van der Waals surface area contributed by atoms with E-state index in [4.69, 9.17) is 14.2 Å². The summed E-state index contributed by atoms with van der Waals surface area (Å²) in [6, 6.07) is 8.44. The fourth-order valence-electron chi connectivity index (χ4n) is 2.54. The number of hydrogen-bond donors (Lipinski definition) is 3. The minimum Gasteiger partial charge on any atom is -0.491 e. The van der Waals surface area contributed by atoms with Crippen molar-refractivity contribution in [2.45, 2.75) is 11.0 Å². The van der Waals surface area contributed by atoms with Gasteiger partial charge in [0, 0.05) is 18.7 Å². The fraction of sp³-hybridized carbons (Fsp3) is 0.294. The molecule has 1 atom stereocenters. The van der Waals surface area contributed by atoms with Crippen LogP contribution < -0.4 is 24.2 Å². The number of hydrogen-bond acceptors (Lipinski definition) is 9. The van der Waals surface area contributed by atoms with Crippen LogP contribution in [0.3, 0.4) is 0 Å². The molecule has 0 aromatic heterocycles. The Kier molecular flexibility index (Phi) is 6.06. The Hall–Kier alpha value is -3.09. The summed E-state index contributed by atoms with van der Waals surface area (Å²) in [5.41, 5.74) is -0.350. The Morgan fingerprint density at radius 1 is 1.24 bits per heavy atom. The van der Waals surface area contributed by atoms with Crippen LogP contribution in [-0.4, -0.2) is 51.5 Å². The van der Waals surface area contributed by atoms with Gasteiger partial charge in [0.25, 0.3) is 5.69 Å². The van der Waals surface area contributed by atoms with Crippen LogP contribution in [0.1, 0.15) is 0 Å². The highest BCUT2D eigenvalue weighted by molar-refractivity contribution is 7.89. The van der Waals surface area contributed by atoms with Crippen LogP contribution in [0.15, 0.2) is 41.3 Å². The van der Waals surface area contributed by atoms with Gasteiger partial charge in [-0.1, -0.05) is 0 Å². The van der Waals surface area contributed by atoms with Crippen LogP contribution in [0.25, 0.3) is 0 Å². The third-order valence-electron chi connectivity index (χ3n) is 4.06. The largest absolute Gasteiger partial charge is 0.491 e. The maximum Gasteiger partial charge on any atom is 0.293 e. The van der Waals surface area contributed by atoms with E-state index >= 15 is 0 Å². The molecule has 1 unspecified atom stereocenters. The molecule has 0 radical (unpaired) electrons. The van der Waals surface area contributed by atoms with Crippen molar-refractivity contribution in [2.75, 3.05) is 32.3 Å². The van der Waals surface area contributed by atoms with Crippen molar-refractivity contribution in [2.24, 2.45) is 0 Å². The third kappa shape index (κ3) is 4.85. The summed E-state index contributed by atoms with van der Waals surface area (Å²) in [6.45, 7) is 0.00863. The van der Waals surface area contributed by atoms with Gasteiger partial charge >= 0.3 is 0 Å². The van der Waals surface area contributed by atoms with Crippen LogP contribution in [-0.2, 0) is 10.0 Å². The summed E-state index contributed by atoms with van der Waals surface area (Å²) in [4.78, 5) is 10.3. The zero-order valence-electron chi connectivity index (χ0n) is 15.3. The highest BCUT2D eigenvalue weighted by atomic mass is 32.2. The number of ether oxygens (including phenoxy) is 3. The Morgan fingerprint density at radius 3 is 2.72 bits per heavy atom. The van der Waals surface area contributed by atoms with Gasteiger partial charge in [0.15, 0.2) is 11.5 Å². The minimum atomic E-state index is -3.82. The van der Waals surface area contributed by atoms with E-state index in [1.165, 1.54) is 19.2 Å². The van der Waals surface area contributed by atoms with Crippen LogP contribution >= 0.6 is 0 Å². The number of sulfonamides is 1. The molecule has 1 aliphatic rings. The van der Waals surface area contributed by atoms with Crippen molar-refractivity contribution >= 4 is 21.4 Å². The molecular weight excluding hydrogens is 406 g/mol. The minimum absolute atomic E-state index is 0.0521. The van der Waals surface area contributed by atoms with Crippen LogP contribution in [0.4, 0.5) is 11.4 Å². The number of aliphatic hydroxyl groups is 1. The van der Waals surface area contributed by atoms with Gasteiger partial charge in [0.1, 0.15) is 24.1 Å². The van der Waals surface area contributed by atoms with Crippen molar-refractivity contribution in [3.63, 3.8) is 0 Å². The molecule has 29 heavy (non-hydrogen) atoms. The maximum absolute atomic E-state index is 11.8. The van der Waals surface area contributed by atoms with E-state index in [1.807, 2.05) is 0 Å². The molecule has 0 aliphatic carbocycles. The average molecular weight is 425 g/mol. The van der Waals surface area contributed by atoms with Gasteiger partial charge in [-0.2, -0.15) is 0 Å². The SMILES string of the molecule is CNS(=O)(=O)c1ccc(NCC(O)COc2ccc3c(c2)OCO3)c([N+](=O)[O-])c1. The number of rotatable bonds is 9. The van der Waals surface area contributed by atoms with E-state index in [9.17, 15) is 23.6 Å². The van der Waals surface area contributed by atoms with E-state index in [0.29, 0.717) is 17.2 Å². The summed E-state index contributed by atoms with van der Waals surface area (Å²) in [7, 11) is -2.60. The van der Waals surface area contributed by atoms with Crippen molar-refractivity contribution < 1.29 is 32.7 Å². The van der Waals surface area contributed by atoms with Crippen LogP contribution in [0.5, 0.6) is 17.2 Å². The first kappa shape index (κ1) is 20.6. The molecule has 3 N–H and O–H groups in total. The number of benzene rings is 2. The Bertz CT molecular complexity index is 1010. The number of nitro benzene ring substituents is 1. The normalized spacial score (nSPS) is 13.7. The summed E-state index contributed by atoms with van der Waals surface area (Å²) in [6.07, 6.45) is -0.985. The highest BCUT2D eigenvalue weighted by Gasteiger charge is 2.21. The van der Waals surface area contributed by atoms with Gasteiger partial charge < -0.3 is 24.6 Å². The van der Waals surface area contributed by atoms with Crippen molar-refractivity contribution in [1.29, 1.82) is 0 Å². The molecule has 0 amide bonds. The lowest BCUT2D eigenvalue weighted by molar-refractivity contribution is -0.384. The molecule has 2 aromatic rings. The predicted octanol–water partition coefficient (Wildman–Crippen LogP) is 1.08. The van der Waals surface area contributed by atoms with Crippen molar-refractivity contribution in [1.82, 2.24) is 4.72 Å². The molecule has 0 spiro atoms. The molecule has 0 fully saturated rings. The lowest BCUT2D eigenvalue weighted by Gasteiger charge is -2.15. The maximum atomic E-state index is 11.8. The van der Waals surface area contributed by atoms with Gasteiger partial charge in [-0.25, -0.2) is 13.1 Å². The lowest BCUT2D eigenvalue weighted by Crippen LogP contribution is -2.26.